The summed E-state index contributed by atoms with van der Waals surface area (Å²) in [6.07, 6.45) is 1.06. The van der Waals surface area contributed by atoms with E-state index in [1.54, 1.807) is 19.0 Å². The Morgan fingerprint density at radius 3 is 2.61 bits per heavy atom. The van der Waals surface area contributed by atoms with Gasteiger partial charge in [0.15, 0.2) is 0 Å². The van der Waals surface area contributed by atoms with Crippen LogP contribution >= 0.6 is 0 Å². The zero-order valence-electron chi connectivity index (χ0n) is 10.7. The Hall–Kier alpha value is -1.84. The first-order valence-electron chi connectivity index (χ1n) is 6.17. The quantitative estimate of drug-likeness (QED) is 0.856. The average Bonchev–Trinajstić information content (AvgIpc) is 2.41. The highest BCUT2D eigenvalue weighted by Gasteiger charge is 2.38. The van der Waals surface area contributed by atoms with Crippen molar-refractivity contribution >= 4 is 11.8 Å². The van der Waals surface area contributed by atoms with Crippen LogP contribution in [0.15, 0.2) is 30.3 Å². The van der Waals surface area contributed by atoms with Crippen molar-refractivity contribution in [3.8, 4) is 0 Å². The maximum absolute atomic E-state index is 12.0. The molecule has 0 spiro atoms. The molecule has 1 N–H and O–H groups in total. The fourth-order valence-corrected chi connectivity index (χ4v) is 2.60. The molecule has 1 aliphatic rings. The van der Waals surface area contributed by atoms with E-state index in [0.29, 0.717) is 12.8 Å². The van der Waals surface area contributed by atoms with Gasteiger partial charge in [-0.05, 0) is 12.0 Å². The summed E-state index contributed by atoms with van der Waals surface area (Å²) in [5.41, 5.74) is 1.02. The van der Waals surface area contributed by atoms with Crippen LogP contribution in [0.5, 0.6) is 0 Å². The third-order valence-corrected chi connectivity index (χ3v) is 3.59. The van der Waals surface area contributed by atoms with Crippen LogP contribution in [0.4, 0.5) is 0 Å². The van der Waals surface area contributed by atoms with Gasteiger partial charge in [-0.2, -0.15) is 0 Å². The largest absolute Gasteiger partial charge is 0.359 e. The summed E-state index contributed by atoms with van der Waals surface area (Å²) in [5.74, 6) is -0.0627. The summed E-state index contributed by atoms with van der Waals surface area (Å²) in [7, 11) is 3.41. The number of carbonyl (C=O) groups excluding carboxylic acids is 2. The second kappa shape index (κ2) is 5.21. The highest BCUT2D eigenvalue weighted by Crippen LogP contribution is 2.35. The molecule has 96 valence electrons. The van der Waals surface area contributed by atoms with Crippen LogP contribution in [-0.4, -0.2) is 30.8 Å². The molecule has 1 aliphatic heterocycles. The standard InChI is InChI=1S/C14H18N2O2/c1-15-14(18)11-8-9-12(17)16(2)13(11)10-6-4-3-5-7-10/h3-7,11,13H,8-9H2,1-2H3,(H,15,18)/t11-,13+/m1/s1. The van der Waals surface area contributed by atoms with E-state index in [1.165, 1.54) is 0 Å². The molecule has 0 aromatic heterocycles. The first-order chi connectivity index (χ1) is 8.65. The van der Waals surface area contributed by atoms with Crippen LogP contribution < -0.4 is 5.32 Å². The lowest BCUT2D eigenvalue weighted by Crippen LogP contribution is -2.45. The number of benzene rings is 1. The third-order valence-electron chi connectivity index (χ3n) is 3.59. The van der Waals surface area contributed by atoms with Gasteiger partial charge < -0.3 is 10.2 Å². The SMILES string of the molecule is CNC(=O)[C@@H]1CCC(=O)N(C)[C@H]1c1ccccc1. The molecule has 1 fully saturated rings. The molecule has 4 nitrogen and oxygen atoms in total. The van der Waals surface area contributed by atoms with Gasteiger partial charge >= 0.3 is 0 Å². The second-order valence-electron chi connectivity index (χ2n) is 4.62. The lowest BCUT2D eigenvalue weighted by atomic mass is 9.84. The van der Waals surface area contributed by atoms with Gasteiger partial charge in [0.05, 0.1) is 12.0 Å². The zero-order chi connectivity index (χ0) is 13.1. The molecule has 2 rings (SSSR count). The monoisotopic (exact) mass is 246 g/mol. The molecule has 0 unspecified atom stereocenters. The van der Waals surface area contributed by atoms with E-state index < -0.39 is 0 Å². The summed E-state index contributed by atoms with van der Waals surface area (Å²) in [6.45, 7) is 0. The highest BCUT2D eigenvalue weighted by atomic mass is 16.2. The van der Waals surface area contributed by atoms with E-state index in [2.05, 4.69) is 5.32 Å². The van der Waals surface area contributed by atoms with Gasteiger partial charge in [0.25, 0.3) is 0 Å². The number of nitrogens with zero attached hydrogens (tertiary/aromatic N) is 1. The summed E-state index contributed by atoms with van der Waals surface area (Å²) in [5, 5.41) is 2.69. The van der Waals surface area contributed by atoms with E-state index >= 15 is 0 Å². The molecule has 1 aromatic carbocycles. The fraction of sp³-hybridized carbons (Fsp3) is 0.429. The second-order valence-corrected chi connectivity index (χ2v) is 4.62. The van der Waals surface area contributed by atoms with E-state index in [0.717, 1.165) is 5.56 Å². The van der Waals surface area contributed by atoms with E-state index in [4.69, 9.17) is 0 Å². The van der Waals surface area contributed by atoms with Crippen LogP contribution in [0.3, 0.4) is 0 Å². The van der Waals surface area contributed by atoms with Crippen molar-refractivity contribution in [3.63, 3.8) is 0 Å². The van der Waals surface area contributed by atoms with Gasteiger partial charge in [-0.25, -0.2) is 0 Å². The normalized spacial score (nSPS) is 23.9. The number of hydrogen-bond donors (Lipinski definition) is 1. The molecule has 2 amide bonds. The van der Waals surface area contributed by atoms with Crippen LogP contribution in [0.1, 0.15) is 24.4 Å². The van der Waals surface area contributed by atoms with Crippen molar-refractivity contribution in [2.75, 3.05) is 14.1 Å². The van der Waals surface area contributed by atoms with E-state index in [-0.39, 0.29) is 23.8 Å². The number of amides is 2. The van der Waals surface area contributed by atoms with Crippen molar-refractivity contribution in [1.29, 1.82) is 0 Å². The molecule has 4 heteroatoms. The van der Waals surface area contributed by atoms with Crippen LogP contribution in [0.25, 0.3) is 0 Å². The van der Waals surface area contributed by atoms with Crippen LogP contribution in [-0.2, 0) is 9.59 Å². The topological polar surface area (TPSA) is 49.4 Å². The van der Waals surface area contributed by atoms with Gasteiger partial charge in [0.1, 0.15) is 0 Å². The minimum Gasteiger partial charge on any atom is -0.359 e. The van der Waals surface area contributed by atoms with Crippen LogP contribution in [0.2, 0.25) is 0 Å². The molecule has 2 atom stereocenters. The lowest BCUT2D eigenvalue weighted by molar-refractivity contribution is -0.141. The Labute approximate surface area is 107 Å². The van der Waals surface area contributed by atoms with Crippen molar-refractivity contribution in [2.45, 2.75) is 18.9 Å². The van der Waals surface area contributed by atoms with Gasteiger partial charge in [-0.3, -0.25) is 9.59 Å². The predicted octanol–water partition coefficient (Wildman–Crippen LogP) is 1.34. The Bertz CT molecular complexity index is 444. The summed E-state index contributed by atoms with van der Waals surface area (Å²) in [6, 6.07) is 9.58. The Morgan fingerprint density at radius 1 is 1.33 bits per heavy atom. The van der Waals surface area contributed by atoms with Crippen LogP contribution in [0, 0.1) is 5.92 Å². The number of carbonyl (C=O) groups is 2. The zero-order valence-corrected chi connectivity index (χ0v) is 10.7. The minimum absolute atomic E-state index is 0.00297. The lowest BCUT2D eigenvalue weighted by Gasteiger charge is -2.38. The van der Waals surface area contributed by atoms with Gasteiger partial charge in [-0.15, -0.1) is 0 Å². The molecule has 1 heterocycles. The fourth-order valence-electron chi connectivity index (χ4n) is 2.60. The Kier molecular flexibility index (Phi) is 3.65. The Morgan fingerprint density at radius 2 is 2.00 bits per heavy atom. The number of hydrogen-bond acceptors (Lipinski definition) is 2. The first-order valence-corrected chi connectivity index (χ1v) is 6.17. The number of nitrogens with one attached hydrogen (secondary N) is 1. The molecule has 1 aromatic rings. The first kappa shape index (κ1) is 12.6. The maximum atomic E-state index is 12.0. The molecule has 1 saturated heterocycles. The smallest absolute Gasteiger partial charge is 0.225 e. The van der Waals surface area contributed by atoms with Crippen molar-refractivity contribution in [1.82, 2.24) is 10.2 Å². The molecule has 0 bridgehead atoms. The summed E-state index contributed by atoms with van der Waals surface area (Å²) >= 11 is 0. The van der Waals surface area contributed by atoms with Gasteiger partial charge in [0, 0.05) is 20.5 Å². The van der Waals surface area contributed by atoms with E-state index in [9.17, 15) is 9.59 Å². The van der Waals surface area contributed by atoms with Gasteiger partial charge in [0.2, 0.25) is 11.8 Å². The minimum atomic E-state index is -0.167. The molecular formula is C14H18N2O2. The van der Waals surface area contributed by atoms with E-state index in [1.807, 2.05) is 30.3 Å². The van der Waals surface area contributed by atoms with Crippen molar-refractivity contribution in [3.05, 3.63) is 35.9 Å². The Balaban J connectivity index is 2.35. The van der Waals surface area contributed by atoms with Crippen molar-refractivity contribution in [2.24, 2.45) is 5.92 Å². The highest BCUT2D eigenvalue weighted by molar-refractivity contribution is 5.84. The van der Waals surface area contributed by atoms with Crippen molar-refractivity contribution < 1.29 is 9.59 Å². The number of rotatable bonds is 2. The molecule has 0 radical (unpaired) electrons. The molecule has 18 heavy (non-hydrogen) atoms. The predicted molar refractivity (Wildman–Crippen MR) is 68.7 cm³/mol. The summed E-state index contributed by atoms with van der Waals surface area (Å²) in [4.78, 5) is 25.5. The van der Waals surface area contributed by atoms with Gasteiger partial charge in [-0.1, -0.05) is 30.3 Å². The number of likely N-dealkylation sites (tertiary alicyclic amines) is 1. The number of piperidine rings is 1. The molecule has 0 saturated carbocycles. The third kappa shape index (κ3) is 2.23. The maximum Gasteiger partial charge on any atom is 0.225 e. The average molecular weight is 246 g/mol. The molecular weight excluding hydrogens is 228 g/mol. The molecule has 0 aliphatic carbocycles. The summed E-state index contributed by atoms with van der Waals surface area (Å²) < 4.78 is 0.